The summed E-state index contributed by atoms with van der Waals surface area (Å²) in [5, 5.41) is 3.17. The zero-order valence-electron chi connectivity index (χ0n) is 10.4. The summed E-state index contributed by atoms with van der Waals surface area (Å²) in [4.78, 5) is 0. The molecule has 1 aromatic carbocycles. The van der Waals surface area contributed by atoms with Crippen LogP contribution in [0.1, 0.15) is 24.9 Å². The molecule has 0 saturated heterocycles. The van der Waals surface area contributed by atoms with Crippen LogP contribution in [-0.2, 0) is 9.84 Å². The van der Waals surface area contributed by atoms with Crippen molar-refractivity contribution in [1.82, 2.24) is 5.32 Å². The molecule has 1 aromatic rings. The largest absolute Gasteiger partial charge is 0.310 e. The summed E-state index contributed by atoms with van der Waals surface area (Å²) in [5.41, 5.74) is 0.765. The van der Waals surface area contributed by atoms with E-state index in [1.165, 1.54) is 12.3 Å². The molecule has 1 rings (SSSR count). The van der Waals surface area contributed by atoms with Crippen LogP contribution in [0.15, 0.2) is 22.7 Å². The molecule has 0 heterocycles. The SMILES string of the molecule is CCNC(CCS(C)(=O)=O)c1ccc(Br)c(F)c1. The van der Waals surface area contributed by atoms with E-state index < -0.39 is 9.84 Å². The minimum absolute atomic E-state index is 0.0857. The van der Waals surface area contributed by atoms with E-state index in [0.717, 1.165) is 5.56 Å². The summed E-state index contributed by atoms with van der Waals surface area (Å²) in [5.74, 6) is -0.253. The first kappa shape index (κ1) is 15.6. The minimum Gasteiger partial charge on any atom is -0.310 e. The number of nitrogens with one attached hydrogen (secondary N) is 1. The fourth-order valence-corrected chi connectivity index (χ4v) is 2.60. The zero-order valence-corrected chi connectivity index (χ0v) is 12.8. The minimum atomic E-state index is -3.01. The maximum Gasteiger partial charge on any atom is 0.147 e. The molecule has 0 saturated carbocycles. The number of rotatable bonds is 6. The molecular weight excluding hydrogens is 321 g/mol. The number of hydrogen-bond acceptors (Lipinski definition) is 3. The fraction of sp³-hybridized carbons (Fsp3) is 0.500. The van der Waals surface area contributed by atoms with Gasteiger partial charge in [-0.2, -0.15) is 0 Å². The van der Waals surface area contributed by atoms with Crippen molar-refractivity contribution < 1.29 is 12.8 Å². The van der Waals surface area contributed by atoms with E-state index in [0.29, 0.717) is 17.4 Å². The molecule has 1 unspecified atom stereocenters. The normalized spacial score (nSPS) is 13.6. The topological polar surface area (TPSA) is 46.2 Å². The molecule has 18 heavy (non-hydrogen) atoms. The predicted octanol–water partition coefficient (Wildman–Crippen LogP) is 2.67. The number of benzene rings is 1. The van der Waals surface area contributed by atoms with Gasteiger partial charge < -0.3 is 5.32 Å². The van der Waals surface area contributed by atoms with Gasteiger partial charge in [0.05, 0.1) is 10.2 Å². The van der Waals surface area contributed by atoms with Crippen LogP contribution in [0.2, 0.25) is 0 Å². The van der Waals surface area contributed by atoms with Gasteiger partial charge >= 0.3 is 0 Å². The smallest absolute Gasteiger partial charge is 0.147 e. The lowest BCUT2D eigenvalue weighted by molar-refractivity contribution is 0.524. The number of halogens is 2. The lowest BCUT2D eigenvalue weighted by Gasteiger charge is -2.18. The highest BCUT2D eigenvalue weighted by atomic mass is 79.9. The molecule has 1 atom stereocenters. The van der Waals surface area contributed by atoms with E-state index in [1.54, 1.807) is 12.1 Å². The van der Waals surface area contributed by atoms with Crippen LogP contribution in [-0.4, -0.2) is 27.0 Å². The third-order valence-electron chi connectivity index (χ3n) is 2.57. The molecule has 102 valence electrons. The van der Waals surface area contributed by atoms with Crippen molar-refractivity contribution in [3.05, 3.63) is 34.1 Å². The van der Waals surface area contributed by atoms with Gasteiger partial charge in [0.1, 0.15) is 15.7 Å². The van der Waals surface area contributed by atoms with Crippen LogP contribution in [0.3, 0.4) is 0 Å². The summed E-state index contributed by atoms with van der Waals surface area (Å²) < 4.78 is 36.2. The third kappa shape index (κ3) is 5.04. The van der Waals surface area contributed by atoms with Crippen molar-refractivity contribution in [1.29, 1.82) is 0 Å². The molecule has 0 aliphatic carbocycles. The van der Waals surface area contributed by atoms with E-state index in [2.05, 4.69) is 21.2 Å². The average Bonchev–Trinajstić information content (AvgIpc) is 2.27. The fourth-order valence-electron chi connectivity index (χ4n) is 1.69. The quantitative estimate of drug-likeness (QED) is 0.867. The van der Waals surface area contributed by atoms with Crippen LogP contribution in [0.4, 0.5) is 4.39 Å². The van der Waals surface area contributed by atoms with Gasteiger partial charge in [-0.1, -0.05) is 13.0 Å². The molecule has 1 N–H and O–H groups in total. The van der Waals surface area contributed by atoms with Crippen LogP contribution in [0.25, 0.3) is 0 Å². The van der Waals surface area contributed by atoms with Crippen molar-refractivity contribution >= 4 is 25.8 Å². The maximum atomic E-state index is 13.5. The first-order valence-electron chi connectivity index (χ1n) is 5.69. The Morgan fingerprint density at radius 1 is 1.44 bits per heavy atom. The van der Waals surface area contributed by atoms with E-state index in [-0.39, 0.29) is 17.6 Å². The van der Waals surface area contributed by atoms with Crippen LogP contribution in [0.5, 0.6) is 0 Å². The summed E-state index contributed by atoms with van der Waals surface area (Å²) in [6.45, 7) is 2.63. The first-order valence-corrected chi connectivity index (χ1v) is 8.55. The summed E-state index contributed by atoms with van der Waals surface area (Å²) >= 11 is 3.10. The average molecular weight is 338 g/mol. The Morgan fingerprint density at radius 3 is 2.61 bits per heavy atom. The van der Waals surface area contributed by atoms with Gasteiger partial charge in [-0.25, -0.2) is 12.8 Å². The first-order chi connectivity index (χ1) is 8.33. The number of sulfone groups is 1. The lowest BCUT2D eigenvalue weighted by atomic mass is 10.0. The van der Waals surface area contributed by atoms with Crippen molar-refractivity contribution in [3.63, 3.8) is 0 Å². The second kappa shape index (κ2) is 6.63. The summed E-state index contributed by atoms with van der Waals surface area (Å²) in [7, 11) is -3.01. The molecule has 0 spiro atoms. The zero-order chi connectivity index (χ0) is 13.8. The van der Waals surface area contributed by atoms with Gasteiger partial charge in [0.15, 0.2) is 0 Å². The monoisotopic (exact) mass is 337 g/mol. The van der Waals surface area contributed by atoms with Crippen LogP contribution in [0, 0.1) is 5.82 Å². The second-order valence-electron chi connectivity index (χ2n) is 4.20. The number of hydrogen-bond donors (Lipinski definition) is 1. The van der Waals surface area contributed by atoms with Gasteiger partial charge in [-0.3, -0.25) is 0 Å². The molecule has 0 fully saturated rings. The molecule has 6 heteroatoms. The molecule has 0 amide bonds. The maximum absolute atomic E-state index is 13.5. The molecule has 0 bridgehead atoms. The van der Waals surface area contributed by atoms with Crippen molar-refractivity contribution in [2.45, 2.75) is 19.4 Å². The molecule has 3 nitrogen and oxygen atoms in total. The third-order valence-corrected chi connectivity index (χ3v) is 4.19. The predicted molar refractivity (Wildman–Crippen MR) is 74.8 cm³/mol. The van der Waals surface area contributed by atoms with Crippen molar-refractivity contribution in [2.24, 2.45) is 0 Å². The Bertz CT molecular complexity index is 505. The van der Waals surface area contributed by atoms with Gasteiger partial charge in [-0.05, 0) is 46.6 Å². The Kier molecular flexibility index (Phi) is 5.75. The highest BCUT2D eigenvalue weighted by Crippen LogP contribution is 2.23. The van der Waals surface area contributed by atoms with Gasteiger partial charge in [0.2, 0.25) is 0 Å². The van der Waals surface area contributed by atoms with Crippen LogP contribution >= 0.6 is 15.9 Å². The Morgan fingerprint density at radius 2 is 2.11 bits per heavy atom. The summed E-state index contributed by atoms with van der Waals surface area (Å²) in [6.07, 6.45) is 1.64. The van der Waals surface area contributed by atoms with Crippen LogP contribution < -0.4 is 5.32 Å². The highest BCUT2D eigenvalue weighted by molar-refractivity contribution is 9.10. The van der Waals surface area contributed by atoms with Crippen molar-refractivity contribution in [2.75, 3.05) is 18.6 Å². The van der Waals surface area contributed by atoms with E-state index in [4.69, 9.17) is 0 Å². The standard InChI is InChI=1S/C12H17BrFNO2S/c1-3-15-12(6-7-18(2,16)17)9-4-5-10(13)11(14)8-9/h4-5,8,12,15H,3,6-7H2,1-2H3. The van der Waals surface area contributed by atoms with Gasteiger partial charge in [-0.15, -0.1) is 0 Å². The van der Waals surface area contributed by atoms with Gasteiger partial charge in [0, 0.05) is 12.3 Å². The molecule has 0 aliphatic heterocycles. The Hall–Kier alpha value is -0.460. The molecule has 0 aliphatic rings. The molecule has 0 aromatic heterocycles. The summed E-state index contributed by atoms with van der Waals surface area (Å²) in [6, 6.07) is 4.71. The molecular formula is C12H17BrFNO2S. The van der Waals surface area contributed by atoms with E-state index >= 15 is 0 Å². The van der Waals surface area contributed by atoms with Crippen molar-refractivity contribution in [3.8, 4) is 0 Å². The van der Waals surface area contributed by atoms with E-state index in [9.17, 15) is 12.8 Å². The highest BCUT2D eigenvalue weighted by Gasteiger charge is 2.14. The Balaban J connectivity index is 2.86. The van der Waals surface area contributed by atoms with Gasteiger partial charge in [0.25, 0.3) is 0 Å². The Labute approximate surface area is 116 Å². The lowest BCUT2D eigenvalue weighted by Crippen LogP contribution is -2.23. The van der Waals surface area contributed by atoms with E-state index in [1.807, 2.05) is 6.92 Å². The second-order valence-corrected chi connectivity index (χ2v) is 7.32. The molecule has 0 radical (unpaired) electrons.